The first-order valence-corrected chi connectivity index (χ1v) is 10.1. The quantitative estimate of drug-likeness (QED) is 0.559. The summed E-state index contributed by atoms with van der Waals surface area (Å²) in [6.07, 6.45) is 0. The fourth-order valence-electron chi connectivity index (χ4n) is 4.97. The maximum absolute atomic E-state index is 12.2. The Morgan fingerprint density at radius 2 is 1.19 bits per heavy atom. The highest BCUT2D eigenvalue weighted by molar-refractivity contribution is 5.47. The van der Waals surface area contributed by atoms with Crippen LogP contribution in [0.2, 0.25) is 0 Å². The van der Waals surface area contributed by atoms with Gasteiger partial charge in [-0.25, -0.2) is 0 Å². The Bertz CT molecular complexity index is 1020. The van der Waals surface area contributed by atoms with Crippen LogP contribution in [0.15, 0.2) is 36.4 Å². The second-order valence-electron chi connectivity index (χ2n) is 8.63. The summed E-state index contributed by atoms with van der Waals surface area (Å²) in [5, 5.41) is 27.6. The van der Waals surface area contributed by atoms with Crippen LogP contribution in [0.4, 0.5) is 0 Å². The molecule has 0 bridgehead atoms. The van der Waals surface area contributed by atoms with Gasteiger partial charge in [0.05, 0.1) is 0 Å². The summed E-state index contributed by atoms with van der Waals surface area (Å²) in [6, 6.07) is 6.08. The fraction of sp³-hybridized carbons (Fsp3) is 0.429. The Hall–Kier alpha value is -3.60. The van der Waals surface area contributed by atoms with Gasteiger partial charge in [0.25, 0.3) is 0 Å². The molecule has 11 heteroatoms. The molecule has 1 N–H and O–H groups in total. The molecule has 3 aliphatic heterocycles. The topological polar surface area (TPSA) is 135 Å². The summed E-state index contributed by atoms with van der Waals surface area (Å²) < 4.78 is 21.6. The van der Waals surface area contributed by atoms with Crippen LogP contribution in [-0.2, 0) is 0 Å². The van der Waals surface area contributed by atoms with Crippen molar-refractivity contribution in [1.82, 2.24) is 5.32 Å². The smallest absolute Gasteiger partial charge is 0.243 e. The van der Waals surface area contributed by atoms with Gasteiger partial charge in [0, 0.05) is 9.85 Å². The third kappa shape index (κ3) is 3.08. The Labute approximate surface area is 182 Å². The van der Waals surface area contributed by atoms with Crippen LogP contribution in [0, 0.1) is 25.6 Å². The highest BCUT2D eigenvalue weighted by Gasteiger charge is 2.63. The zero-order valence-corrected chi connectivity index (χ0v) is 17.3. The lowest BCUT2D eigenvalue weighted by Crippen LogP contribution is -2.63. The van der Waals surface area contributed by atoms with E-state index >= 15 is 0 Å². The fourth-order valence-corrected chi connectivity index (χ4v) is 4.97. The van der Waals surface area contributed by atoms with E-state index < -0.39 is 39.4 Å². The Kier molecular flexibility index (Phi) is 4.59. The third-order valence-electron chi connectivity index (χ3n) is 6.48. The lowest BCUT2D eigenvalue weighted by atomic mass is 9.66. The molecule has 5 rings (SSSR count). The largest absolute Gasteiger partial charge is 0.454 e. The molecule has 11 nitrogen and oxygen atoms in total. The van der Waals surface area contributed by atoms with Crippen molar-refractivity contribution in [2.75, 3.05) is 13.6 Å². The maximum Gasteiger partial charge on any atom is 0.243 e. The number of nitrogens with one attached hydrogen (secondary N) is 1. The van der Waals surface area contributed by atoms with Crippen LogP contribution in [0.25, 0.3) is 0 Å². The number of nitro groups is 2. The van der Waals surface area contributed by atoms with Gasteiger partial charge >= 0.3 is 0 Å². The minimum Gasteiger partial charge on any atom is -0.454 e. The highest BCUT2D eigenvalue weighted by Crippen LogP contribution is 2.49. The zero-order valence-electron chi connectivity index (χ0n) is 17.3. The number of rotatable bonds is 4. The van der Waals surface area contributed by atoms with E-state index in [2.05, 4.69) is 5.32 Å². The molecule has 168 valence electrons. The van der Waals surface area contributed by atoms with Gasteiger partial charge in [-0.15, -0.1) is 0 Å². The van der Waals surface area contributed by atoms with Crippen molar-refractivity contribution in [2.24, 2.45) is 5.41 Å². The molecule has 1 saturated heterocycles. The molecular weight excluding hydrogens is 422 g/mol. The van der Waals surface area contributed by atoms with E-state index in [9.17, 15) is 20.2 Å². The molecule has 0 saturated carbocycles. The predicted molar refractivity (Wildman–Crippen MR) is 109 cm³/mol. The van der Waals surface area contributed by atoms with E-state index in [0.717, 1.165) is 0 Å². The number of ether oxygens (including phenoxy) is 4. The first-order valence-electron chi connectivity index (χ1n) is 10.1. The normalized spacial score (nSPS) is 27.2. The Morgan fingerprint density at radius 3 is 1.59 bits per heavy atom. The summed E-state index contributed by atoms with van der Waals surface area (Å²) in [6.45, 7) is 3.30. The van der Waals surface area contributed by atoms with E-state index in [-0.39, 0.29) is 13.6 Å². The minimum atomic E-state index is -1.29. The molecule has 0 spiro atoms. The lowest BCUT2D eigenvalue weighted by molar-refractivity contribution is -0.605. The van der Waals surface area contributed by atoms with Gasteiger partial charge in [-0.05, 0) is 49.2 Å². The molecule has 2 aromatic carbocycles. The minimum absolute atomic E-state index is 0.0737. The Balaban J connectivity index is 1.62. The molecule has 0 aromatic heterocycles. The lowest BCUT2D eigenvalue weighted by Gasteiger charge is -2.44. The van der Waals surface area contributed by atoms with Gasteiger partial charge in [-0.1, -0.05) is 12.1 Å². The van der Waals surface area contributed by atoms with Crippen molar-refractivity contribution >= 4 is 0 Å². The summed E-state index contributed by atoms with van der Waals surface area (Å²) in [5.74, 6) is 2.08. The van der Waals surface area contributed by atoms with Crippen molar-refractivity contribution in [2.45, 2.75) is 38.0 Å². The standard InChI is InChI=1S/C21H21N3O8/c1-21(2)19(23(25)26)17(11-3-5-13-15(7-11)31-9-29-13)22-18(20(21)24(27)28)12-4-6-14-16(8-12)32-10-30-14/h3-8,17-20,22H,9-10H2,1-2H3/t17-,18+,19-,20-/m0/s1. The van der Waals surface area contributed by atoms with E-state index in [0.29, 0.717) is 34.1 Å². The average molecular weight is 443 g/mol. The van der Waals surface area contributed by atoms with Crippen LogP contribution in [0.1, 0.15) is 37.1 Å². The SMILES string of the molecule is CC1(C)[C@@H]([N+](=O)[O-])[C@@H](c2ccc3c(c2)OCO3)N[C@@H](c2ccc3c(c2)OCO3)[C@@H]1[N+](=O)[O-]. The number of fused-ring (bicyclic) bond motifs is 2. The molecule has 0 unspecified atom stereocenters. The summed E-state index contributed by atoms with van der Waals surface area (Å²) in [4.78, 5) is 23.5. The summed E-state index contributed by atoms with van der Waals surface area (Å²) in [5.41, 5.74) is -0.103. The highest BCUT2D eigenvalue weighted by atomic mass is 16.7. The maximum atomic E-state index is 12.2. The van der Waals surface area contributed by atoms with Crippen LogP contribution in [-0.4, -0.2) is 35.5 Å². The summed E-state index contributed by atoms with van der Waals surface area (Å²) >= 11 is 0. The second-order valence-corrected chi connectivity index (χ2v) is 8.63. The van der Waals surface area contributed by atoms with Crippen molar-refractivity contribution in [3.63, 3.8) is 0 Å². The van der Waals surface area contributed by atoms with Crippen LogP contribution in [0.3, 0.4) is 0 Å². The van der Waals surface area contributed by atoms with Gasteiger partial charge in [0.2, 0.25) is 25.7 Å². The first-order chi connectivity index (χ1) is 15.3. The van der Waals surface area contributed by atoms with E-state index in [4.69, 9.17) is 18.9 Å². The monoisotopic (exact) mass is 443 g/mol. The van der Waals surface area contributed by atoms with E-state index in [1.807, 2.05) is 0 Å². The van der Waals surface area contributed by atoms with Crippen molar-refractivity contribution in [3.8, 4) is 23.0 Å². The number of benzene rings is 2. The molecule has 32 heavy (non-hydrogen) atoms. The van der Waals surface area contributed by atoms with Crippen LogP contribution in [0.5, 0.6) is 23.0 Å². The van der Waals surface area contributed by atoms with Gasteiger partial charge in [-0.3, -0.25) is 25.5 Å². The Morgan fingerprint density at radius 1 is 0.781 bits per heavy atom. The third-order valence-corrected chi connectivity index (χ3v) is 6.48. The molecule has 0 aliphatic carbocycles. The van der Waals surface area contributed by atoms with Crippen LogP contribution < -0.4 is 24.3 Å². The van der Waals surface area contributed by atoms with Gasteiger partial charge in [-0.2, -0.15) is 0 Å². The molecule has 4 atom stereocenters. The van der Waals surface area contributed by atoms with Crippen molar-refractivity contribution < 1.29 is 28.8 Å². The van der Waals surface area contributed by atoms with Crippen LogP contribution >= 0.6 is 0 Å². The molecule has 3 heterocycles. The van der Waals surface area contributed by atoms with Gasteiger partial charge < -0.3 is 18.9 Å². The second kappa shape index (κ2) is 7.23. The number of hydrogen-bond acceptors (Lipinski definition) is 9. The van der Waals surface area contributed by atoms with E-state index in [1.54, 1.807) is 50.2 Å². The molecule has 2 aromatic rings. The number of piperidine rings is 1. The molecular formula is C21H21N3O8. The van der Waals surface area contributed by atoms with E-state index in [1.165, 1.54) is 0 Å². The zero-order chi connectivity index (χ0) is 22.6. The van der Waals surface area contributed by atoms with Crippen molar-refractivity contribution in [3.05, 3.63) is 67.8 Å². The van der Waals surface area contributed by atoms with Gasteiger partial charge in [0.1, 0.15) is 17.5 Å². The first kappa shape index (κ1) is 20.3. The number of hydrogen-bond donors (Lipinski definition) is 1. The molecule has 0 amide bonds. The van der Waals surface area contributed by atoms with Gasteiger partial charge in [0.15, 0.2) is 23.0 Å². The number of nitrogens with zero attached hydrogens (tertiary/aromatic N) is 2. The van der Waals surface area contributed by atoms with Crippen molar-refractivity contribution in [1.29, 1.82) is 0 Å². The molecule has 0 radical (unpaired) electrons. The molecule has 3 aliphatic rings. The summed E-state index contributed by atoms with van der Waals surface area (Å²) in [7, 11) is 0. The average Bonchev–Trinajstić information content (AvgIpc) is 3.39. The molecule has 1 fully saturated rings. The predicted octanol–water partition coefficient (Wildman–Crippen LogP) is 2.85.